The monoisotopic (exact) mass is 360 g/mol. The minimum Gasteiger partial charge on any atom is -0.405 e. The lowest BCUT2D eigenvalue weighted by Crippen LogP contribution is -2.28. The van der Waals surface area contributed by atoms with Gasteiger partial charge in [-0.05, 0) is 17.5 Å². The van der Waals surface area contributed by atoms with Crippen molar-refractivity contribution < 1.29 is 22.7 Å². The van der Waals surface area contributed by atoms with Gasteiger partial charge in [-0.2, -0.15) is 0 Å². The maximum absolute atomic E-state index is 12.8. The van der Waals surface area contributed by atoms with E-state index in [4.69, 9.17) is 0 Å². The average molecular weight is 360 g/mol. The summed E-state index contributed by atoms with van der Waals surface area (Å²) in [7, 11) is 1.51. The van der Waals surface area contributed by atoms with Gasteiger partial charge in [0.25, 0.3) is 5.91 Å². The number of amides is 1. The van der Waals surface area contributed by atoms with Crippen LogP contribution in [0.2, 0.25) is 0 Å². The highest BCUT2D eigenvalue weighted by atomic mass is 19.4. The molecular formula is C19H15F3N2O2. The smallest absolute Gasteiger partial charge is 0.405 e. The number of hydrogen-bond acceptors (Lipinski definition) is 3. The molecule has 4 nitrogen and oxygen atoms in total. The molecule has 0 radical (unpaired) electrons. The first-order valence-corrected chi connectivity index (χ1v) is 7.78. The van der Waals surface area contributed by atoms with E-state index in [1.54, 1.807) is 24.3 Å². The fourth-order valence-electron chi connectivity index (χ4n) is 2.66. The van der Waals surface area contributed by atoms with Crippen molar-refractivity contribution in [3.63, 3.8) is 0 Å². The number of carbonyl (C=O) groups excluding carboxylic acids is 1. The molecule has 7 heteroatoms. The second-order valence-electron chi connectivity index (χ2n) is 5.70. The first-order chi connectivity index (χ1) is 12.3. The number of rotatable bonds is 4. The van der Waals surface area contributed by atoms with Crippen molar-refractivity contribution in [2.45, 2.75) is 12.9 Å². The molecule has 2 aromatic carbocycles. The van der Waals surface area contributed by atoms with Gasteiger partial charge in [0.1, 0.15) is 11.4 Å². The lowest BCUT2D eigenvalue weighted by Gasteiger charge is -2.20. The molecule has 0 bridgehead atoms. The fraction of sp³-hybridized carbons (Fsp3) is 0.158. The third-order valence-corrected chi connectivity index (χ3v) is 3.83. The molecule has 26 heavy (non-hydrogen) atoms. The number of pyridine rings is 1. The van der Waals surface area contributed by atoms with Gasteiger partial charge in [-0.15, -0.1) is 13.2 Å². The molecule has 1 aromatic heterocycles. The molecule has 1 heterocycles. The summed E-state index contributed by atoms with van der Waals surface area (Å²) in [6.45, 7) is -0.0456. The van der Waals surface area contributed by atoms with Crippen LogP contribution in [0.15, 0.2) is 60.8 Å². The maximum Gasteiger partial charge on any atom is 0.573 e. The van der Waals surface area contributed by atoms with Crippen LogP contribution in [0.3, 0.4) is 0 Å². The molecule has 0 atom stereocenters. The van der Waals surface area contributed by atoms with Gasteiger partial charge in [-0.3, -0.25) is 9.78 Å². The van der Waals surface area contributed by atoms with Gasteiger partial charge in [-0.25, -0.2) is 0 Å². The number of fused-ring (bicyclic) bond motifs is 1. The molecule has 0 unspecified atom stereocenters. The first-order valence-electron chi connectivity index (χ1n) is 7.78. The van der Waals surface area contributed by atoms with Crippen LogP contribution >= 0.6 is 0 Å². The Morgan fingerprint density at radius 2 is 1.77 bits per heavy atom. The Balaban J connectivity index is 1.86. The number of aromatic nitrogens is 1. The SMILES string of the molecule is CN(Cc1ccccc1OC(F)(F)F)C(=O)c1nccc2ccccc12. The minimum atomic E-state index is -4.80. The van der Waals surface area contributed by atoms with E-state index < -0.39 is 6.36 Å². The lowest BCUT2D eigenvalue weighted by atomic mass is 10.1. The number of alkyl halides is 3. The zero-order valence-electron chi connectivity index (χ0n) is 13.8. The molecule has 0 saturated heterocycles. The van der Waals surface area contributed by atoms with Crippen LogP contribution in [-0.2, 0) is 6.54 Å². The molecule has 0 aliphatic heterocycles. The second kappa shape index (κ2) is 7.03. The van der Waals surface area contributed by atoms with Crippen molar-refractivity contribution in [3.8, 4) is 5.75 Å². The summed E-state index contributed by atoms with van der Waals surface area (Å²) in [5.74, 6) is -0.714. The molecule has 0 saturated carbocycles. The maximum atomic E-state index is 12.8. The van der Waals surface area contributed by atoms with E-state index in [1.165, 1.54) is 36.3 Å². The Hall–Kier alpha value is -3.09. The van der Waals surface area contributed by atoms with Crippen molar-refractivity contribution in [2.75, 3.05) is 7.05 Å². The van der Waals surface area contributed by atoms with E-state index in [0.717, 1.165) is 5.39 Å². The van der Waals surface area contributed by atoms with E-state index >= 15 is 0 Å². The summed E-state index contributed by atoms with van der Waals surface area (Å²) < 4.78 is 41.7. The Morgan fingerprint density at radius 1 is 1.08 bits per heavy atom. The van der Waals surface area contributed by atoms with Gasteiger partial charge in [0.2, 0.25) is 0 Å². The largest absolute Gasteiger partial charge is 0.573 e. The molecule has 0 fully saturated rings. The van der Waals surface area contributed by atoms with Gasteiger partial charge in [0.15, 0.2) is 0 Å². The predicted molar refractivity (Wildman–Crippen MR) is 90.7 cm³/mol. The second-order valence-corrected chi connectivity index (χ2v) is 5.70. The number of nitrogens with zero attached hydrogens (tertiary/aromatic N) is 2. The highest BCUT2D eigenvalue weighted by molar-refractivity contribution is 6.05. The van der Waals surface area contributed by atoms with Crippen LogP contribution in [0.4, 0.5) is 13.2 Å². The third kappa shape index (κ3) is 3.93. The van der Waals surface area contributed by atoms with Crippen molar-refractivity contribution in [1.29, 1.82) is 0 Å². The summed E-state index contributed by atoms with van der Waals surface area (Å²) >= 11 is 0. The molecule has 3 aromatic rings. The Labute approximate surface area is 147 Å². The average Bonchev–Trinajstić information content (AvgIpc) is 2.61. The summed E-state index contributed by atoms with van der Waals surface area (Å²) in [5, 5.41) is 1.55. The summed E-state index contributed by atoms with van der Waals surface area (Å²) in [6.07, 6.45) is -3.26. The van der Waals surface area contributed by atoms with Gasteiger partial charge in [-0.1, -0.05) is 42.5 Å². The molecule has 134 valence electrons. The lowest BCUT2D eigenvalue weighted by molar-refractivity contribution is -0.275. The molecule has 3 rings (SSSR count). The quantitative estimate of drug-likeness (QED) is 0.692. The zero-order valence-corrected chi connectivity index (χ0v) is 13.8. The van der Waals surface area contributed by atoms with Crippen molar-refractivity contribution in [3.05, 3.63) is 72.1 Å². The Kier molecular flexibility index (Phi) is 4.79. The number of para-hydroxylation sites is 1. The standard InChI is InChI=1S/C19H15F3N2O2/c1-24(12-14-7-3-5-9-16(14)26-19(20,21)22)18(25)17-15-8-4-2-6-13(15)10-11-23-17/h2-11H,12H2,1H3. The van der Waals surface area contributed by atoms with Gasteiger partial charge >= 0.3 is 6.36 Å². The first kappa shape index (κ1) is 17.7. The number of ether oxygens (including phenoxy) is 1. The van der Waals surface area contributed by atoms with Crippen molar-refractivity contribution in [1.82, 2.24) is 9.88 Å². The van der Waals surface area contributed by atoms with Gasteiger partial charge in [0, 0.05) is 30.7 Å². The van der Waals surface area contributed by atoms with Crippen LogP contribution in [0, 0.1) is 0 Å². The van der Waals surface area contributed by atoms with E-state index in [1.807, 2.05) is 12.1 Å². The van der Waals surface area contributed by atoms with E-state index in [0.29, 0.717) is 5.39 Å². The summed E-state index contributed by atoms with van der Waals surface area (Å²) in [4.78, 5) is 18.2. The van der Waals surface area contributed by atoms with Crippen molar-refractivity contribution >= 4 is 16.7 Å². The highest BCUT2D eigenvalue weighted by Gasteiger charge is 2.32. The van der Waals surface area contributed by atoms with Crippen LogP contribution in [0.25, 0.3) is 10.8 Å². The van der Waals surface area contributed by atoms with Crippen molar-refractivity contribution in [2.24, 2.45) is 0 Å². The predicted octanol–water partition coefficient (Wildman–Crippen LogP) is 4.41. The fourth-order valence-corrected chi connectivity index (χ4v) is 2.66. The normalized spacial score (nSPS) is 11.4. The van der Waals surface area contributed by atoms with Crippen LogP contribution < -0.4 is 4.74 Å². The molecule has 0 spiro atoms. The van der Waals surface area contributed by atoms with Crippen LogP contribution in [0.1, 0.15) is 16.1 Å². The van der Waals surface area contributed by atoms with Gasteiger partial charge < -0.3 is 9.64 Å². The number of benzene rings is 2. The Bertz CT molecular complexity index is 936. The molecule has 0 aliphatic carbocycles. The van der Waals surface area contributed by atoms with E-state index in [9.17, 15) is 18.0 Å². The van der Waals surface area contributed by atoms with Crippen LogP contribution in [-0.4, -0.2) is 29.2 Å². The topological polar surface area (TPSA) is 42.4 Å². The number of hydrogen-bond donors (Lipinski definition) is 0. The zero-order chi connectivity index (χ0) is 18.7. The molecule has 0 aliphatic rings. The third-order valence-electron chi connectivity index (χ3n) is 3.83. The number of halogens is 3. The Morgan fingerprint density at radius 3 is 2.54 bits per heavy atom. The van der Waals surface area contributed by atoms with E-state index in [2.05, 4.69) is 9.72 Å². The van der Waals surface area contributed by atoms with E-state index in [-0.39, 0.29) is 29.5 Å². The van der Waals surface area contributed by atoms with Crippen LogP contribution in [0.5, 0.6) is 5.75 Å². The molecule has 1 amide bonds. The summed E-state index contributed by atoms with van der Waals surface area (Å²) in [6, 6.07) is 14.8. The minimum absolute atomic E-state index is 0.0456. The highest BCUT2D eigenvalue weighted by Crippen LogP contribution is 2.27. The number of carbonyl (C=O) groups is 1. The summed E-state index contributed by atoms with van der Waals surface area (Å²) in [5.41, 5.74) is 0.501. The molecular weight excluding hydrogens is 345 g/mol. The van der Waals surface area contributed by atoms with Gasteiger partial charge in [0.05, 0.1) is 0 Å². The molecule has 0 N–H and O–H groups in total.